The van der Waals surface area contributed by atoms with Gasteiger partial charge in [0.2, 0.25) is 0 Å². The van der Waals surface area contributed by atoms with Gasteiger partial charge in [-0.15, -0.1) is 0 Å². The molecule has 3 nitrogen and oxygen atoms in total. The van der Waals surface area contributed by atoms with Crippen LogP contribution in [0.15, 0.2) is 176 Å². The fraction of sp³-hybridized carbons (Fsp3) is 0. The quantitative estimate of drug-likeness (QED) is 0.197. The maximum atomic E-state index is 5.07. The molecule has 9 aromatic rings. The Hall–Kier alpha value is -6.32. The highest BCUT2D eigenvalue weighted by molar-refractivity contribution is 6.09. The van der Waals surface area contributed by atoms with Crippen molar-refractivity contribution in [3.05, 3.63) is 176 Å². The van der Waals surface area contributed by atoms with Gasteiger partial charge in [-0.1, -0.05) is 146 Å². The Bertz CT molecular complexity index is 2490. The number of nitrogens with zero attached hydrogens (tertiary/aromatic N) is 3. The van der Waals surface area contributed by atoms with Gasteiger partial charge < -0.3 is 4.57 Å². The Kier molecular flexibility index (Phi) is 6.46. The Labute approximate surface area is 273 Å². The minimum Gasteiger partial charge on any atom is -0.309 e. The summed E-state index contributed by atoms with van der Waals surface area (Å²) in [5, 5.41) is 4.91. The topological polar surface area (TPSA) is 30.7 Å². The van der Waals surface area contributed by atoms with E-state index < -0.39 is 0 Å². The van der Waals surface area contributed by atoms with Crippen LogP contribution in [-0.4, -0.2) is 14.5 Å². The molecule has 0 aliphatic rings. The number of para-hydroxylation sites is 2. The zero-order valence-corrected chi connectivity index (χ0v) is 25.6. The summed E-state index contributed by atoms with van der Waals surface area (Å²) < 4.78 is 2.35. The SMILES string of the molecule is c1ccc(-c2nc(-c3ccc(-c4ccc(-n5c6ccccc6c6ccccc65)cc4)cc3)cc(-c3cccc4ccccc34)n2)cc1. The second kappa shape index (κ2) is 11.2. The van der Waals surface area contributed by atoms with Crippen molar-refractivity contribution in [2.24, 2.45) is 0 Å². The summed E-state index contributed by atoms with van der Waals surface area (Å²) in [6, 6.07) is 62.0. The fourth-order valence-corrected chi connectivity index (χ4v) is 6.74. The van der Waals surface area contributed by atoms with Crippen LogP contribution < -0.4 is 0 Å². The number of aromatic nitrogens is 3. The summed E-state index contributed by atoms with van der Waals surface area (Å²) in [5.41, 5.74) is 10.9. The average molecular weight is 600 g/mol. The number of hydrogen-bond acceptors (Lipinski definition) is 2. The first kappa shape index (κ1) is 27.0. The molecular formula is C44H29N3. The normalized spacial score (nSPS) is 11.4. The molecule has 47 heavy (non-hydrogen) atoms. The summed E-state index contributed by atoms with van der Waals surface area (Å²) in [6.45, 7) is 0. The first-order valence-electron chi connectivity index (χ1n) is 15.9. The van der Waals surface area contributed by atoms with Gasteiger partial charge in [-0.25, -0.2) is 9.97 Å². The Morgan fingerprint density at radius 1 is 0.362 bits per heavy atom. The van der Waals surface area contributed by atoms with Crippen molar-refractivity contribution in [1.82, 2.24) is 14.5 Å². The third-order valence-electron chi connectivity index (χ3n) is 9.04. The van der Waals surface area contributed by atoms with Crippen LogP contribution in [0.25, 0.3) is 83.3 Å². The van der Waals surface area contributed by atoms with E-state index in [1.807, 2.05) is 18.2 Å². The van der Waals surface area contributed by atoms with Crippen LogP contribution in [-0.2, 0) is 0 Å². The van der Waals surface area contributed by atoms with Crippen LogP contribution >= 0.6 is 0 Å². The first-order valence-corrected chi connectivity index (χ1v) is 15.9. The number of rotatable bonds is 5. The third kappa shape index (κ3) is 4.77. The summed E-state index contributed by atoms with van der Waals surface area (Å²) in [7, 11) is 0. The standard InChI is InChI=1S/C44H29N3/c1-2-12-34(13-3-1)44-45-40(29-41(46-44)37-18-10-14-32-11-4-5-15-36(32)37)33-23-21-30(22-24-33)31-25-27-35(28-26-31)47-42-19-8-6-16-38(42)39-17-7-9-20-43(39)47/h1-29H. The van der Waals surface area contributed by atoms with Crippen molar-refractivity contribution in [3.63, 3.8) is 0 Å². The molecule has 220 valence electrons. The van der Waals surface area contributed by atoms with E-state index in [9.17, 15) is 0 Å². The minimum atomic E-state index is 0.718. The smallest absolute Gasteiger partial charge is 0.160 e. The van der Waals surface area contributed by atoms with E-state index in [2.05, 4.69) is 162 Å². The molecule has 0 aliphatic carbocycles. The molecule has 0 saturated carbocycles. The zero-order valence-electron chi connectivity index (χ0n) is 25.6. The monoisotopic (exact) mass is 599 g/mol. The van der Waals surface area contributed by atoms with Gasteiger partial charge in [0.15, 0.2) is 5.82 Å². The predicted octanol–water partition coefficient (Wildman–Crippen LogP) is 11.4. The van der Waals surface area contributed by atoms with Crippen LogP contribution in [0.2, 0.25) is 0 Å². The predicted molar refractivity (Wildman–Crippen MR) is 196 cm³/mol. The van der Waals surface area contributed by atoms with Crippen LogP contribution in [0, 0.1) is 0 Å². The zero-order chi connectivity index (χ0) is 31.2. The molecule has 2 heterocycles. The Morgan fingerprint density at radius 3 is 1.60 bits per heavy atom. The van der Waals surface area contributed by atoms with E-state index in [-0.39, 0.29) is 0 Å². The van der Waals surface area contributed by atoms with Crippen molar-refractivity contribution in [1.29, 1.82) is 0 Å². The molecular weight excluding hydrogens is 571 g/mol. The highest BCUT2D eigenvalue weighted by atomic mass is 15.0. The molecule has 0 spiro atoms. The number of fused-ring (bicyclic) bond motifs is 4. The lowest BCUT2D eigenvalue weighted by Gasteiger charge is -2.12. The van der Waals surface area contributed by atoms with Gasteiger partial charge in [0.1, 0.15) is 0 Å². The van der Waals surface area contributed by atoms with Crippen LogP contribution in [0.4, 0.5) is 0 Å². The van der Waals surface area contributed by atoms with Crippen molar-refractivity contribution >= 4 is 32.6 Å². The molecule has 0 N–H and O–H groups in total. The molecule has 0 atom stereocenters. The summed E-state index contributed by atoms with van der Waals surface area (Å²) in [5.74, 6) is 0.718. The van der Waals surface area contributed by atoms with Gasteiger partial charge >= 0.3 is 0 Å². The van der Waals surface area contributed by atoms with E-state index >= 15 is 0 Å². The highest BCUT2D eigenvalue weighted by Gasteiger charge is 2.14. The van der Waals surface area contributed by atoms with E-state index in [0.29, 0.717) is 0 Å². The molecule has 0 radical (unpaired) electrons. The Balaban J connectivity index is 1.09. The number of hydrogen-bond donors (Lipinski definition) is 0. The van der Waals surface area contributed by atoms with Crippen molar-refractivity contribution in [3.8, 4) is 50.7 Å². The van der Waals surface area contributed by atoms with Crippen molar-refractivity contribution < 1.29 is 0 Å². The van der Waals surface area contributed by atoms with Gasteiger partial charge in [-0.05, 0) is 52.2 Å². The number of benzene rings is 7. The van der Waals surface area contributed by atoms with Crippen LogP contribution in [0.5, 0.6) is 0 Å². The van der Waals surface area contributed by atoms with Gasteiger partial charge in [0, 0.05) is 33.2 Å². The van der Waals surface area contributed by atoms with Crippen molar-refractivity contribution in [2.75, 3.05) is 0 Å². The van der Waals surface area contributed by atoms with E-state index in [1.165, 1.54) is 38.1 Å². The molecule has 0 saturated heterocycles. The largest absolute Gasteiger partial charge is 0.309 e. The summed E-state index contributed by atoms with van der Waals surface area (Å²) in [4.78, 5) is 10.1. The third-order valence-corrected chi connectivity index (χ3v) is 9.04. The fourth-order valence-electron chi connectivity index (χ4n) is 6.74. The highest BCUT2D eigenvalue weighted by Crippen LogP contribution is 2.34. The molecule has 0 amide bonds. The molecule has 0 aliphatic heterocycles. The second-order valence-electron chi connectivity index (χ2n) is 11.8. The Morgan fingerprint density at radius 2 is 0.894 bits per heavy atom. The molecule has 0 fully saturated rings. The average Bonchev–Trinajstić information content (AvgIpc) is 3.49. The maximum Gasteiger partial charge on any atom is 0.160 e. The van der Waals surface area contributed by atoms with Crippen LogP contribution in [0.3, 0.4) is 0 Å². The lowest BCUT2D eigenvalue weighted by atomic mass is 9.99. The van der Waals surface area contributed by atoms with Crippen LogP contribution in [0.1, 0.15) is 0 Å². The van der Waals surface area contributed by atoms with Gasteiger partial charge in [-0.3, -0.25) is 0 Å². The molecule has 2 aromatic heterocycles. The maximum absolute atomic E-state index is 5.07. The van der Waals surface area contributed by atoms with Gasteiger partial charge in [0.05, 0.1) is 22.4 Å². The van der Waals surface area contributed by atoms with Gasteiger partial charge in [0.25, 0.3) is 0 Å². The van der Waals surface area contributed by atoms with E-state index in [0.717, 1.165) is 45.2 Å². The molecule has 9 rings (SSSR count). The minimum absolute atomic E-state index is 0.718. The van der Waals surface area contributed by atoms with Gasteiger partial charge in [-0.2, -0.15) is 0 Å². The lowest BCUT2D eigenvalue weighted by Crippen LogP contribution is -1.96. The lowest BCUT2D eigenvalue weighted by molar-refractivity contribution is 1.18. The van der Waals surface area contributed by atoms with E-state index in [4.69, 9.17) is 9.97 Å². The van der Waals surface area contributed by atoms with E-state index in [1.54, 1.807) is 0 Å². The molecule has 3 heteroatoms. The van der Waals surface area contributed by atoms with Crippen molar-refractivity contribution in [2.45, 2.75) is 0 Å². The molecule has 0 unspecified atom stereocenters. The summed E-state index contributed by atoms with van der Waals surface area (Å²) in [6.07, 6.45) is 0. The first-order chi connectivity index (χ1) is 23.3. The second-order valence-corrected chi connectivity index (χ2v) is 11.8. The summed E-state index contributed by atoms with van der Waals surface area (Å²) >= 11 is 0. The molecule has 0 bridgehead atoms. The molecule has 7 aromatic carbocycles.